The Morgan fingerprint density at radius 2 is 2.16 bits per heavy atom. The quantitative estimate of drug-likeness (QED) is 0.688. The molecule has 162 valence electrons. The Hall–Kier alpha value is -3.09. The van der Waals surface area contributed by atoms with Gasteiger partial charge in [-0.2, -0.15) is 5.10 Å². The monoisotopic (exact) mass is 419 g/mol. The summed E-state index contributed by atoms with van der Waals surface area (Å²) in [4.78, 5) is 20.0. The van der Waals surface area contributed by atoms with Gasteiger partial charge in [0.1, 0.15) is 11.3 Å². The van der Waals surface area contributed by atoms with Crippen LogP contribution in [0.5, 0.6) is 5.75 Å². The molecule has 1 aliphatic carbocycles. The predicted octanol–water partition coefficient (Wildman–Crippen LogP) is 3.15. The van der Waals surface area contributed by atoms with Crippen molar-refractivity contribution < 1.29 is 9.53 Å². The van der Waals surface area contributed by atoms with Gasteiger partial charge >= 0.3 is 0 Å². The molecule has 3 aromatic rings. The molecule has 7 nitrogen and oxygen atoms in total. The van der Waals surface area contributed by atoms with E-state index in [-0.39, 0.29) is 11.8 Å². The van der Waals surface area contributed by atoms with E-state index in [1.54, 1.807) is 7.11 Å². The number of carbonyl (C=O) groups excluding carboxylic acids is 1. The van der Waals surface area contributed by atoms with E-state index in [9.17, 15) is 4.79 Å². The number of nitrogens with one attached hydrogen (secondary N) is 1. The SMILES string of the molecule is COc1cccc(CNC(=O)[C@@H]2CCCN(c3nccn4nc5c(c34)CCCC5)C2)c1. The number of methoxy groups -OCH3 is 1. The average Bonchev–Trinajstić information content (AvgIpc) is 3.21. The number of rotatable bonds is 5. The smallest absolute Gasteiger partial charge is 0.225 e. The van der Waals surface area contributed by atoms with Gasteiger partial charge in [-0.05, 0) is 56.2 Å². The van der Waals surface area contributed by atoms with Crippen molar-refractivity contribution in [1.82, 2.24) is 19.9 Å². The van der Waals surface area contributed by atoms with Crippen LogP contribution < -0.4 is 15.0 Å². The second kappa shape index (κ2) is 8.57. The van der Waals surface area contributed by atoms with Crippen molar-refractivity contribution in [3.05, 3.63) is 53.5 Å². The topological polar surface area (TPSA) is 71.8 Å². The molecule has 1 amide bonds. The van der Waals surface area contributed by atoms with Crippen molar-refractivity contribution in [2.24, 2.45) is 5.92 Å². The van der Waals surface area contributed by atoms with Crippen molar-refractivity contribution in [2.45, 2.75) is 45.1 Å². The van der Waals surface area contributed by atoms with Crippen molar-refractivity contribution in [3.63, 3.8) is 0 Å². The molecule has 0 saturated carbocycles. The molecule has 1 aromatic carbocycles. The molecular weight excluding hydrogens is 390 g/mol. The lowest BCUT2D eigenvalue weighted by atomic mass is 9.95. The normalized spacial score (nSPS) is 18.6. The van der Waals surface area contributed by atoms with Crippen molar-refractivity contribution in [2.75, 3.05) is 25.1 Å². The van der Waals surface area contributed by atoms with Gasteiger partial charge in [-0.15, -0.1) is 0 Å². The number of benzene rings is 1. The van der Waals surface area contributed by atoms with Crippen LogP contribution >= 0.6 is 0 Å². The van der Waals surface area contributed by atoms with E-state index in [1.165, 1.54) is 24.1 Å². The van der Waals surface area contributed by atoms with E-state index in [1.807, 2.05) is 41.2 Å². The standard InChI is InChI=1S/C24H29N5O2/c1-31-19-8-4-6-17(14-19)15-26-24(30)18-7-5-12-28(16-18)23-22-20-9-2-3-10-21(20)27-29(22)13-11-25-23/h4,6,8,11,13-14,18H,2-3,5,7,9-10,12,15-16H2,1H3,(H,26,30)/t18-/m1/s1. The highest BCUT2D eigenvalue weighted by atomic mass is 16.5. The maximum Gasteiger partial charge on any atom is 0.225 e. The van der Waals surface area contributed by atoms with Crippen LogP contribution in [0.1, 0.15) is 42.5 Å². The van der Waals surface area contributed by atoms with E-state index in [0.717, 1.165) is 54.9 Å². The Morgan fingerprint density at radius 1 is 1.26 bits per heavy atom. The van der Waals surface area contributed by atoms with Crippen LogP contribution in [-0.2, 0) is 24.2 Å². The zero-order chi connectivity index (χ0) is 21.2. The third kappa shape index (κ3) is 3.96. The van der Waals surface area contributed by atoms with Crippen LogP contribution in [-0.4, -0.2) is 40.7 Å². The molecule has 1 saturated heterocycles. The first-order valence-corrected chi connectivity index (χ1v) is 11.2. The lowest BCUT2D eigenvalue weighted by Crippen LogP contribution is -2.43. The first-order valence-electron chi connectivity index (χ1n) is 11.2. The summed E-state index contributed by atoms with van der Waals surface area (Å²) in [5, 5.41) is 7.92. The Labute approximate surface area is 182 Å². The predicted molar refractivity (Wildman–Crippen MR) is 119 cm³/mol. The number of hydrogen-bond acceptors (Lipinski definition) is 5. The van der Waals surface area contributed by atoms with E-state index in [2.05, 4.69) is 10.2 Å². The molecule has 2 aliphatic rings. The van der Waals surface area contributed by atoms with Gasteiger partial charge in [0, 0.05) is 37.6 Å². The van der Waals surface area contributed by atoms with Gasteiger partial charge in [-0.1, -0.05) is 12.1 Å². The fourth-order valence-corrected chi connectivity index (χ4v) is 4.88. The van der Waals surface area contributed by atoms with E-state index in [0.29, 0.717) is 13.1 Å². The number of carbonyl (C=O) groups is 1. The summed E-state index contributed by atoms with van der Waals surface area (Å²) in [5.74, 6) is 1.84. The first-order chi connectivity index (χ1) is 15.2. The molecule has 1 fully saturated rings. The highest BCUT2D eigenvalue weighted by molar-refractivity contribution is 5.81. The fraction of sp³-hybridized carbons (Fsp3) is 0.458. The Balaban J connectivity index is 1.31. The molecule has 7 heteroatoms. The lowest BCUT2D eigenvalue weighted by molar-refractivity contribution is -0.125. The summed E-state index contributed by atoms with van der Waals surface area (Å²) < 4.78 is 7.27. The number of nitrogens with zero attached hydrogens (tertiary/aromatic N) is 4. The summed E-state index contributed by atoms with van der Waals surface area (Å²) in [7, 11) is 1.65. The number of aryl methyl sites for hydroxylation is 2. The van der Waals surface area contributed by atoms with Gasteiger partial charge in [0.05, 0.1) is 18.7 Å². The zero-order valence-electron chi connectivity index (χ0n) is 18.0. The number of hydrogen-bond donors (Lipinski definition) is 1. The molecule has 3 heterocycles. The van der Waals surface area contributed by atoms with Crippen molar-refractivity contribution >= 4 is 17.2 Å². The highest BCUT2D eigenvalue weighted by Crippen LogP contribution is 2.32. The zero-order valence-corrected chi connectivity index (χ0v) is 18.0. The third-order valence-corrected chi connectivity index (χ3v) is 6.49. The number of amides is 1. The van der Waals surface area contributed by atoms with E-state index in [4.69, 9.17) is 14.8 Å². The third-order valence-electron chi connectivity index (χ3n) is 6.49. The molecule has 0 unspecified atom stereocenters. The van der Waals surface area contributed by atoms with Gasteiger partial charge in [-0.3, -0.25) is 4.79 Å². The summed E-state index contributed by atoms with van der Waals surface area (Å²) in [6.07, 6.45) is 10.2. The largest absolute Gasteiger partial charge is 0.497 e. The maximum absolute atomic E-state index is 12.9. The molecule has 31 heavy (non-hydrogen) atoms. The van der Waals surface area contributed by atoms with Gasteiger partial charge in [0.2, 0.25) is 5.91 Å². The second-order valence-corrected chi connectivity index (χ2v) is 8.53. The second-order valence-electron chi connectivity index (χ2n) is 8.53. The summed E-state index contributed by atoms with van der Waals surface area (Å²) >= 11 is 0. The average molecular weight is 420 g/mol. The summed E-state index contributed by atoms with van der Waals surface area (Å²) in [5.41, 5.74) is 4.73. The number of ether oxygens (including phenoxy) is 1. The van der Waals surface area contributed by atoms with Gasteiger partial charge < -0.3 is 15.0 Å². The molecule has 2 aromatic heterocycles. The van der Waals surface area contributed by atoms with Crippen LogP contribution in [0, 0.1) is 5.92 Å². The number of anilines is 1. The molecule has 1 N–H and O–H groups in total. The number of aromatic nitrogens is 3. The Bertz CT molecular complexity index is 1090. The van der Waals surface area contributed by atoms with Crippen LogP contribution in [0.15, 0.2) is 36.7 Å². The van der Waals surface area contributed by atoms with Gasteiger partial charge in [0.15, 0.2) is 5.82 Å². The maximum atomic E-state index is 12.9. The first kappa shape index (κ1) is 19.8. The number of piperidine rings is 1. The van der Waals surface area contributed by atoms with Gasteiger partial charge in [-0.25, -0.2) is 9.50 Å². The molecule has 1 aliphatic heterocycles. The van der Waals surface area contributed by atoms with E-state index >= 15 is 0 Å². The summed E-state index contributed by atoms with van der Waals surface area (Å²) in [6.45, 7) is 2.12. The molecule has 0 bridgehead atoms. The van der Waals surface area contributed by atoms with Crippen LogP contribution in [0.3, 0.4) is 0 Å². The minimum atomic E-state index is -0.0415. The minimum absolute atomic E-state index is 0.0415. The molecule has 0 radical (unpaired) electrons. The van der Waals surface area contributed by atoms with Crippen LogP contribution in [0.2, 0.25) is 0 Å². The molecule has 1 atom stereocenters. The molecular formula is C24H29N5O2. The van der Waals surface area contributed by atoms with Crippen molar-refractivity contribution in [1.29, 1.82) is 0 Å². The summed E-state index contributed by atoms with van der Waals surface area (Å²) in [6, 6.07) is 7.82. The minimum Gasteiger partial charge on any atom is -0.497 e. The van der Waals surface area contributed by atoms with Gasteiger partial charge in [0.25, 0.3) is 0 Å². The number of fused-ring (bicyclic) bond motifs is 3. The molecule has 0 spiro atoms. The van der Waals surface area contributed by atoms with Crippen LogP contribution in [0.25, 0.3) is 5.52 Å². The lowest BCUT2D eigenvalue weighted by Gasteiger charge is -2.33. The fourth-order valence-electron chi connectivity index (χ4n) is 4.88. The molecule has 5 rings (SSSR count). The Kier molecular flexibility index (Phi) is 5.49. The van der Waals surface area contributed by atoms with Crippen molar-refractivity contribution in [3.8, 4) is 5.75 Å². The Morgan fingerprint density at radius 3 is 3.06 bits per heavy atom. The van der Waals surface area contributed by atoms with E-state index < -0.39 is 0 Å². The van der Waals surface area contributed by atoms with Crippen LogP contribution in [0.4, 0.5) is 5.82 Å². The highest BCUT2D eigenvalue weighted by Gasteiger charge is 2.29.